The van der Waals surface area contributed by atoms with Crippen LogP contribution in [0.4, 0.5) is 11.6 Å². The summed E-state index contributed by atoms with van der Waals surface area (Å²) in [7, 11) is 0. The van der Waals surface area contributed by atoms with E-state index in [-0.39, 0.29) is 0 Å². The summed E-state index contributed by atoms with van der Waals surface area (Å²) in [5, 5.41) is 6.06. The number of hydrogen-bond acceptors (Lipinski definition) is 2. The second-order valence-electron chi connectivity index (χ2n) is 6.79. The van der Waals surface area contributed by atoms with Gasteiger partial charge in [0.05, 0.1) is 11.0 Å². The first-order valence-corrected chi connectivity index (χ1v) is 9.57. The number of unbranched alkanes of at least 4 members (excludes halogenated alkanes) is 3. The Balaban J connectivity index is 1.71. The molecule has 0 bridgehead atoms. The maximum absolute atomic E-state index is 4.87. The molecule has 4 rings (SSSR count). The number of anilines is 2. The van der Waals surface area contributed by atoms with E-state index in [9.17, 15) is 0 Å². The Labute approximate surface area is 154 Å². The molecule has 0 aliphatic heterocycles. The van der Waals surface area contributed by atoms with Crippen LogP contribution in [-0.4, -0.2) is 9.55 Å². The Bertz CT molecular complexity index is 1010. The van der Waals surface area contributed by atoms with Gasteiger partial charge in [0.1, 0.15) is 0 Å². The molecule has 4 aromatic rings. The molecule has 1 heterocycles. The number of aryl methyl sites for hydroxylation is 1. The Hall–Kier alpha value is -2.81. The molecule has 0 atom stereocenters. The fraction of sp³-hybridized carbons (Fsp3) is 0.261. The lowest BCUT2D eigenvalue weighted by molar-refractivity contribution is 0.595. The van der Waals surface area contributed by atoms with Crippen molar-refractivity contribution in [1.29, 1.82) is 0 Å². The van der Waals surface area contributed by atoms with Crippen LogP contribution in [0.2, 0.25) is 0 Å². The monoisotopic (exact) mass is 343 g/mol. The number of para-hydroxylation sites is 2. The van der Waals surface area contributed by atoms with E-state index in [1.165, 1.54) is 42.0 Å². The number of fused-ring (bicyclic) bond motifs is 2. The van der Waals surface area contributed by atoms with Gasteiger partial charge >= 0.3 is 0 Å². The molecule has 132 valence electrons. The zero-order valence-electron chi connectivity index (χ0n) is 15.3. The fourth-order valence-electron chi connectivity index (χ4n) is 3.55. The summed E-state index contributed by atoms with van der Waals surface area (Å²) in [6.07, 6.45) is 4.99. The van der Waals surface area contributed by atoms with Crippen LogP contribution in [0.15, 0.2) is 66.7 Å². The molecule has 0 unspecified atom stereocenters. The molecule has 1 aromatic heterocycles. The van der Waals surface area contributed by atoms with Crippen molar-refractivity contribution in [2.45, 2.75) is 39.2 Å². The first-order chi connectivity index (χ1) is 12.9. The van der Waals surface area contributed by atoms with Crippen molar-refractivity contribution in [3.63, 3.8) is 0 Å². The Morgan fingerprint density at radius 2 is 1.65 bits per heavy atom. The third-order valence-corrected chi connectivity index (χ3v) is 4.93. The average Bonchev–Trinajstić information content (AvgIpc) is 3.03. The predicted octanol–water partition coefficient (Wildman–Crippen LogP) is 6.51. The first kappa shape index (κ1) is 16.6. The lowest BCUT2D eigenvalue weighted by atomic mass is 10.1. The molecule has 3 nitrogen and oxygen atoms in total. The number of imidazole rings is 1. The molecule has 0 saturated carbocycles. The van der Waals surface area contributed by atoms with Crippen LogP contribution in [0, 0.1) is 0 Å². The standard InChI is InChI=1S/C23H25N3/c1-2-3-4-9-17-26-22-16-8-7-14-21(22)25-23(26)24-20-15-10-12-18-11-5-6-13-19(18)20/h5-8,10-16H,2-4,9,17H2,1H3,(H,24,25). The van der Waals surface area contributed by atoms with E-state index in [0.717, 1.165) is 23.7 Å². The number of hydrogen-bond donors (Lipinski definition) is 1. The van der Waals surface area contributed by atoms with Crippen molar-refractivity contribution in [1.82, 2.24) is 9.55 Å². The Morgan fingerprint density at radius 3 is 2.58 bits per heavy atom. The number of aromatic nitrogens is 2. The fourth-order valence-corrected chi connectivity index (χ4v) is 3.55. The van der Waals surface area contributed by atoms with Crippen LogP contribution >= 0.6 is 0 Å². The van der Waals surface area contributed by atoms with E-state index in [4.69, 9.17) is 4.98 Å². The quantitative estimate of drug-likeness (QED) is 0.387. The molecule has 1 N–H and O–H groups in total. The number of rotatable bonds is 7. The summed E-state index contributed by atoms with van der Waals surface area (Å²) >= 11 is 0. The topological polar surface area (TPSA) is 29.9 Å². The van der Waals surface area contributed by atoms with Gasteiger partial charge < -0.3 is 9.88 Å². The molecule has 0 aliphatic carbocycles. The third-order valence-electron chi connectivity index (χ3n) is 4.93. The molecule has 3 aromatic carbocycles. The summed E-state index contributed by atoms with van der Waals surface area (Å²) in [5.74, 6) is 0.930. The van der Waals surface area contributed by atoms with Gasteiger partial charge in [0, 0.05) is 17.6 Å². The molecule has 26 heavy (non-hydrogen) atoms. The number of nitrogens with one attached hydrogen (secondary N) is 1. The molecule has 0 fully saturated rings. The summed E-state index contributed by atoms with van der Waals surface area (Å²) in [6, 6.07) is 23.2. The van der Waals surface area contributed by atoms with Crippen LogP contribution in [0.1, 0.15) is 32.6 Å². The van der Waals surface area contributed by atoms with E-state index in [1.807, 2.05) is 0 Å². The zero-order chi connectivity index (χ0) is 17.8. The molecule has 0 aliphatic rings. The SMILES string of the molecule is CCCCCCn1c(Nc2cccc3ccccc23)nc2ccccc21. The van der Waals surface area contributed by atoms with Crippen LogP contribution in [0.3, 0.4) is 0 Å². The zero-order valence-corrected chi connectivity index (χ0v) is 15.3. The van der Waals surface area contributed by atoms with Crippen LogP contribution in [0.5, 0.6) is 0 Å². The van der Waals surface area contributed by atoms with Crippen LogP contribution < -0.4 is 5.32 Å². The van der Waals surface area contributed by atoms with Gasteiger partial charge in [-0.3, -0.25) is 0 Å². The van der Waals surface area contributed by atoms with Crippen molar-refractivity contribution < 1.29 is 0 Å². The van der Waals surface area contributed by atoms with E-state index in [1.54, 1.807) is 0 Å². The molecular weight excluding hydrogens is 318 g/mol. The van der Waals surface area contributed by atoms with Crippen molar-refractivity contribution in [2.75, 3.05) is 5.32 Å². The minimum absolute atomic E-state index is 0.930. The normalized spacial score (nSPS) is 11.3. The summed E-state index contributed by atoms with van der Waals surface area (Å²) in [5.41, 5.74) is 3.35. The van der Waals surface area contributed by atoms with Gasteiger partial charge in [0.15, 0.2) is 0 Å². The van der Waals surface area contributed by atoms with Gasteiger partial charge in [-0.05, 0) is 30.0 Å². The molecule has 0 radical (unpaired) electrons. The Kier molecular flexibility index (Phi) is 4.87. The number of nitrogens with zero attached hydrogens (tertiary/aromatic N) is 2. The lowest BCUT2D eigenvalue weighted by Gasteiger charge is -2.12. The summed E-state index contributed by atoms with van der Waals surface area (Å²) in [6.45, 7) is 3.24. The highest BCUT2D eigenvalue weighted by atomic mass is 15.2. The first-order valence-electron chi connectivity index (χ1n) is 9.57. The molecular formula is C23H25N3. The maximum Gasteiger partial charge on any atom is 0.208 e. The van der Waals surface area contributed by atoms with Gasteiger partial charge in [0.2, 0.25) is 5.95 Å². The van der Waals surface area contributed by atoms with E-state index >= 15 is 0 Å². The largest absolute Gasteiger partial charge is 0.325 e. The van der Waals surface area contributed by atoms with Gasteiger partial charge in [0.25, 0.3) is 0 Å². The van der Waals surface area contributed by atoms with E-state index in [2.05, 4.69) is 83.5 Å². The second-order valence-corrected chi connectivity index (χ2v) is 6.79. The third kappa shape index (κ3) is 3.30. The minimum Gasteiger partial charge on any atom is -0.325 e. The lowest BCUT2D eigenvalue weighted by Crippen LogP contribution is -2.04. The van der Waals surface area contributed by atoms with Crippen LogP contribution in [-0.2, 0) is 6.54 Å². The van der Waals surface area contributed by atoms with Gasteiger partial charge in [-0.25, -0.2) is 4.98 Å². The highest BCUT2D eigenvalue weighted by Gasteiger charge is 2.11. The van der Waals surface area contributed by atoms with E-state index < -0.39 is 0 Å². The highest BCUT2D eigenvalue weighted by molar-refractivity contribution is 5.95. The maximum atomic E-state index is 4.87. The molecule has 0 spiro atoms. The van der Waals surface area contributed by atoms with Gasteiger partial charge in [-0.1, -0.05) is 74.7 Å². The number of benzene rings is 3. The average molecular weight is 343 g/mol. The molecule has 0 saturated heterocycles. The predicted molar refractivity (Wildman–Crippen MR) is 111 cm³/mol. The minimum atomic E-state index is 0.930. The molecule has 0 amide bonds. The van der Waals surface area contributed by atoms with Crippen molar-refractivity contribution in [2.24, 2.45) is 0 Å². The van der Waals surface area contributed by atoms with Gasteiger partial charge in [-0.2, -0.15) is 0 Å². The summed E-state index contributed by atoms with van der Waals surface area (Å²) in [4.78, 5) is 4.87. The molecule has 3 heteroatoms. The van der Waals surface area contributed by atoms with E-state index in [0.29, 0.717) is 0 Å². The Morgan fingerprint density at radius 1 is 0.846 bits per heavy atom. The van der Waals surface area contributed by atoms with Crippen LogP contribution in [0.25, 0.3) is 21.8 Å². The van der Waals surface area contributed by atoms with Crippen molar-refractivity contribution >= 4 is 33.4 Å². The summed E-state index contributed by atoms with van der Waals surface area (Å²) < 4.78 is 2.33. The van der Waals surface area contributed by atoms with Crippen molar-refractivity contribution in [3.05, 3.63) is 66.7 Å². The van der Waals surface area contributed by atoms with Gasteiger partial charge in [-0.15, -0.1) is 0 Å². The highest BCUT2D eigenvalue weighted by Crippen LogP contribution is 2.28. The smallest absolute Gasteiger partial charge is 0.208 e. The second kappa shape index (κ2) is 7.61. The van der Waals surface area contributed by atoms with Crippen molar-refractivity contribution in [3.8, 4) is 0 Å².